The van der Waals surface area contributed by atoms with Gasteiger partial charge in [0.2, 0.25) is 0 Å². The normalized spacial score (nSPS) is 15.4. The first kappa shape index (κ1) is 10.2. The van der Waals surface area contributed by atoms with Crippen molar-refractivity contribution in [2.45, 2.75) is 39.2 Å². The van der Waals surface area contributed by atoms with Crippen LogP contribution in [-0.4, -0.2) is 11.0 Å². The maximum atomic E-state index is 5.75. The maximum Gasteiger partial charge on any atom is 0.0302 e. The van der Waals surface area contributed by atoms with E-state index in [1.807, 2.05) is 19.3 Å². The van der Waals surface area contributed by atoms with Crippen molar-refractivity contribution in [3.05, 3.63) is 29.6 Å². The van der Waals surface area contributed by atoms with Gasteiger partial charge in [0.25, 0.3) is 0 Å². The van der Waals surface area contributed by atoms with Crippen LogP contribution < -0.4 is 5.73 Å². The minimum atomic E-state index is 0.260. The molecule has 0 saturated heterocycles. The first-order chi connectivity index (χ1) is 6.09. The van der Waals surface area contributed by atoms with Crippen LogP contribution in [0.1, 0.15) is 37.3 Å². The molecule has 0 aliphatic heterocycles. The molecule has 2 N–H and O–H groups in total. The number of nitrogens with two attached hydrogens (primary N) is 1. The second-order valence-electron chi connectivity index (χ2n) is 3.91. The van der Waals surface area contributed by atoms with Crippen molar-refractivity contribution in [1.82, 2.24) is 4.98 Å². The van der Waals surface area contributed by atoms with Crippen LogP contribution in [0.2, 0.25) is 0 Å². The minimum absolute atomic E-state index is 0.260. The summed E-state index contributed by atoms with van der Waals surface area (Å²) >= 11 is 0. The van der Waals surface area contributed by atoms with E-state index in [1.54, 1.807) is 0 Å². The summed E-state index contributed by atoms with van der Waals surface area (Å²) in [6.07, 6.45) is 4.83. The lowest BCUT2D eigenvalue weighted by atomic mass is 9.95. The van der Waals surface area contributed by atoms with Crippen LogP contribution in [0.5, 0.6) is 0 Å². The third kappa shape index (κ3) is 3.15. The van der Waals surface area contributed by atoms with E-state index in [-0.39, 0.29) is 6.04 Å². The summed E-state index contributed by atoms with van der Waals surface area (Å²) in [4.78, 5) is 4.17. The molecule has 0 amide bonds. The number of pyridine rings is 1. The van der Waals surface area contributed by atoms with Crippen LogP contribution in [0, 0.1) is 6.92 Å². The zero-order valence-electron chi connectivity index (χ0n) is 8.62. The number of rotatable bonds is 3. The van der Waals surface area contributed by atoms with Crippen LogP contribution in [0.4, 0.5) is 0 Å². The fraction of sp³-hybridized carbons (Fsp3) is 0.545. The molecule has 2 unspecified atom stereocenters. The zero-order chi connectivity index (χ0) is 9.84. The fourth-order valence-corrected chi connectivity index (χ4v) is 1.54. The van der Waals surface area contributed by atoms with Crippen molar-refractivity contribution in [1.29, 1.82) is 0 Å². The Kier molecular flexibility index (Phi) is 3.43. The van der Waals surface area contributed by atoms with Gasteiger partial charge in [-0.1, -0.05) is 13.0 Å². The lowest BCUT2D eigenvalue weighted by Crippen LogP contribution is -2.17. The van der Waals surface area contributed by atoms with Gasteiger partial charge in [0.05, 0.1) is 0 Å². The molecule has 13 heavy (non-hydrogen) atoms. The molecule has 0 saturated carbocycles. The molecule has 1 aromatic heterocycles. The van der Waals surface area contributed by atoms with Crippen molar-refractivity contribution in [3.8, 4) is 0 Å². The first-order valence-corrected chi connectivity index (χ1v) is 4.76. The highest BCUT2D eigenvalue weighted by molar-refractivity contribution is 5.20. The van der Waals surface area contributed by atoms with Crippen LogP contribution in [-0.2, 0) is 0 Å². The molecule has 1 heterocycles. The van der Waals surface area contributed by atoms with E-state index in [4.69, 9.17) is 5.73 Å². The van der Waals surface area contributed by atoms with Crippen LogP contribution in [0.25, 0.3) is 0 Å². The van der Waals surface area contributed by atoms with E-state index >= 15 is 0 Å². The molecule has 2 heteroatoms. The summed E-state index contributed by atoms with van der Waals surface area (Å²) in [5.41, 5.74) is 8.25. The van der Waals surface area contributed by atoms with E-state index in [1.165, 1.54) is 11.1 Å². The van der Waals surface area contributed by atoms with Crippen LogP contribution >= 0.6 is 0 Å². The zero-order valence-corrected chi connectivity index (χ0v) is 8.62. The Bertz CT molecular complexity index is 269. The highest BCUT2D eigenvalue weighted by Crippen LogP contribution is 2.19. The largest absolute Gasteiger partial charge is 0.328 e. The number of aryl methyl sites for hydroxylation is 1. The van der Waals surface area contributed by atoms with Crippen molar-refractivity contribution in [3.63, 3.8) is 0 Å². The number of nitrogens with zero attached hydrogens (tertiary/aromatic N) is 1. The Morgan fingerprint density at radius 3 is 2.62 bits per heavy atom. The molecule has 0 aromatic carbocycles. The van der Waals surface area contributed by atoms with Gasteiger partial charge in [-0.3, -0.25) is 4.98 Å². The second kappa shape index (κ2) is 4.38. The molecule has 1 aromatic rings. The molecule has 0 fully saturated rings. The van der Waals surface area contributed by atoms with E-state index in [0.717, 1.165) is 6.42 Å². The second-order valence-corrected chi connectivity index (χ2v) is 3.91. The fourth-order valence-electron chi connectivity index (χ4n) is 1.54. The Labute approximate surface area is 80.2 Å². The quantitative estimate of drug-likeness (QED) is 0.771. The smallest absolute Gasteiger partial charge is 0.0302 e. The van der Waals surface area contributed by atoms with Gasteiger partial charge in [-0.05, 0) is 37.3 Å². The Morgan fingerprint density at radius 1 is 1.38 bits per heavy atom. The molecular formula is C11H18N2. The Morgan fingerprint density at radius 2 is 2.08 bits per heavy atom. The van der Waals surface area contributed by atoms with Gasteiger partial charge in [0.1, 0.15) is 0 Å². The monoisotopic (exact) mass is 178 g/mol. The predicted molar refractivity (Wildman–Crippen MR) is 55.7 cm³/mol. The predicted octanol–water partition coefficient (Wildman–Crippen LogP) is 2.23. The van der Waals surface area contributed by atoms with E-state index < -0.39 is 0 Å². The van der Waals surface area contributed by atoms with Gasteiger partial charge in [-0.2, -0.15) is 0 Å². The molecule has 0 spiro atoms. The Balaban J connectivity index is 2.71. The summed E-state index contributed by atoms with van der Waals surface area (Å²) < 4.78 is 0. The molecule has 2 atom stereocenters. The first-order valence-electron chi connectivity index (χ1n) is 4.76. The van der Waals surface area contributed by atoms with Crippen molar-refractivity contribution in [2.75, 3.05) is 0 Å². The van der Waals surface area contributed by atoms with E-state index in [2.05, 4.69) is 24.9 Å². The van der Waals surface area contributed by atoms with Crippen LogP contribution in [0.3, 0.4) is 0 Å². The third-order valence-electron chi connectivity index (χ3n) is 2.19. The van der Waals surface area contributed by atoms with Gasteiger partial charge < -0.3 is 5.73 Å². The van der Waals surface area contributed by atoms with Crippen molar-refractivity contribution in [2.24, 2.45) is 5.73 Å². The summed E-state index contributed by atoms with van der Waals surface area (Å²) in [6, 6.07) is 2.44. The molecule has 2 nitrogen and oxygen atoms in total. The summed E-state index contributed by atoms with van der Waals surface area (Å²) in [5, 5.41) is 0. The molecule has 1 rings (SSSR count). The Hall–Kier alpha value is -0.890. The molecule has 0 aliphatic carbocycles. The summed E-state index contributed by atoms with van der Waals surface area (Å²) in [7, 11) is 0. The molecule has 0 radical (unpaired) electrons. The van der Waals surface area contributed by atoms with Crippen LogP contribution in [0.15, 0.2) is 18.5 Å². The van der Waals surface area contributed by atoms with E-state index in [0.29, 0.717) is 5.92 Å². The van der Waals surface area contributed by atoms with Crippen molar-refractivity contribution < 1.29 is 0 Å². The highest BCUT2D eigenvalue weighted by Gasteiger charge is 2.07. The minimum Gasteiger partial charge on any atom is -0.328 e. The van der Waals surface area contributed by atoms with Gasteiger partial charge in [-0.15, -0.1) is 0 Å². The lowest BCUT2D eigenvalue weighted by molar-refractivity contribution is 0.584. The van der Waals surface area contributed by atoms with Crippen molar-refractivity contribution >= 4 is 0 Å². The number of hydrogen-bond acceptors (Lipinski definition) is 2. The lowest BCUT2D eigenvalue weighted by Gasteiger charge is -2.14. The highest BCUT2D eigenvalue weighted by atomic mass is 14.6. The average molecular weight is 178 g/mol. The SMILES string of the molecule is Cc1cncc(C(C)CC(C)N)c1. The summed E-state index contributed by atoms with van der Waals surface area (Å²) in [6.45, 7) is 6.30. The summed E-state index contributed by atoms with van der Waals surface area (Å²) in [5.74, 6) is 0.507. The number of hydrogen-bond donors (Lipinski definition) is 1. The standard InChI is InChI=1S/C11H18N2/c1-8-4-11(7-13-6-8)9(2)5-10(3)12/h4,6-7,9-10H,5,12H2,1-3H3. The maximum absolute atomic E-state index is 5.75. The van der Waals surface area contributed by atoms with E-state index in [9.17, 15) is 0 Å². The van der Waals surface area contributed by atoms with Gasteiger partial charge in [0.15, 0.2) is 0 Å². The molecule has 72 valence electrons. The average Bonchev–Trinajstić information content (AvgIpc) is 2.03. The topological polar surface area (TPSA) is 38.9 Å². The molecule has 0 bridgehead atoms. The van der Waals surface area contributed by atoms with Gasteiger partial charge in [-0.25, -0.2) is 0 Å². The van der Waals surface area contributed by atoms with Gasteiger partial charge in [0, 0.05) is 18.4 Å². The molecule has 0 aliphatic rings. The third-order valence-corrected chi connectivity index (χ3v) is 2.19. The molecular weight excluding hydrogens is 160 g/mol. The van der Waals surface area contributed by atoms with Gasteiger partial charge >= 0.3 is 0 Å². The number of aromatic nitrogens is 1.